The Morgan fingerprint density at radius 3 is 2.81 bits per heavy atom. The lowest BCUT2D eigenvalue weighted by atomic mass is 10.1. The highest BCUT2D eigenvalue weighted by atomic mass is 19.1. The molecular formula is C12H14FN3. The molecule has 1 heterocycles. The van der Waals surface area contributed by atoms with Crippen LogP contribution in [0.2, 0.25) is 0 Å². The van der Waals surface area contributed by atoms with Gasteiger partial charge in [-0.3, -0.25) is 0 Å². The van der Waals surface area contributed by atoms with Crippen molar-refractivity contribution < 1.29 is 4.39 Å². The van der Waals surface area contributed by atoms with E-state index in [-0.39, 0.29) is 5.82 Å². The van der Waals surface area contributed by atoms with Crippen molar-refractivity contribution in [2.24, 2.45) is 5.73 Å². The molecule has 0 radical (unpaired) electrons. The van der Waals surface area contributed by atoms with Crippen LogP contribution in [0.25, 0.3) is 0 Å². The Hall–Kier alpha value is -1.68. The van der Waals surface area contributed by atoms with Gasteiger partial charge in [0.15, 0.2) is 0 Å². The average molecular weight is 219 g/mol. The van der Waals surface area contributed by atoms with Gasteiger partial charge in [0.25, 0.3) is 0 Å². The SMILES string of the molecule is Cc1nccn1Cc1ccc(F)cc1CN. The van der Waals surface area contributed by atoms with Gasteiger partial charge in [-0.05, 0) is 30.2 Å². The third-order valence-electron chi connectivity index (χ3n) is 2.65. The van der Waals surface area contributed by atoms with E-state index in [1.54, 1.807) is 12.3 Å². The Bertz CT molecular complexity index is 491. The summed E-state index contributed by atoms with van der Waals surface area (Å²) in [6, 6.07) is 4.72. The van der Waals surface area contributed by atoms with Crippen LogP contribution >= 0.6 is 0 Å². The predicted octanol–water partition coefficient (Wildman–Crippen LogP) is 1.84. The highest BCUT2D eigenvalue weighted by molar-refractivity contribution is 5.28. The maximum absolute atomic E-state index is 13.0. The van der Waals surface area contributed by atoms with Crippen LogP contribution in [0.15, 0.2) is 30.6 Å². The number of hydrogen-bond donors (Lipinski definition) is 1. The molecule has 0 aliphatic rings. The molecule has 2 N–H and O–H groups in total. The molecule has 0 fully saturated rings. The van der Waals surface area contributed by atoms with Gasteiger partial charge in [-0.15, -0.1) is 0 Å². The highest BCUT2D eigenvalue weighted by Crippen LogP contribution is 2.13. The number of rotatable bonds is 3. The number of nitrogens with two attached hydrogens (primary N) is 1. The molecule has 2 rings (SSSR count). The molecule has 16 heavy (non-hydrogen) atoms. The molecule has 0 saturated heterocycles. The normalized spacial score (nSPS) is 10.7. The van der Waals surface area contributed by atoms with E-state index in [1.165, 1.54) is 12.1 Å². The van der Waals surface area contributed by atoms with Gasteiger partial charge < -0.3 is 10.3 Å². The van der Waals surface area contributed by atoms with Crippen molar-refractivity contribution in [2.75, 3.05) is 0 Å². The summed E-state index contributed by atoms with van der Waals surface area (Å²) in [7, 11) is 0. The Balaban J connectivity index is 2.31. The zero-order chi connectivity index (χ0) is 11.5. The van der Waals surface area contributed by atoms with Crippen LogP contribution in [0.1, 0.15) is 17.0 Å². The number of aryl methyl sites for hydroxylation is 1. The van der Waals surface area contributed by atoms with Crippen molar-refractivity contribution in [1.29, 1.82) is 0 Å². The first-order chi connectivity index (χ1) is 7.70. The molecule has 1 aromatic carbocycles. The smallest absolute Gasteiger partial charge is 0.123 e. The number of aromatic nitrogens is 2. The van der Waals surface area contributed by atoms with Crippen LogP contribution in [-0.2, 0) is 13.1 Å². The lowest BCUT2D eigenvalue weighted by Gasteiger charge is -2.10. The summed E-state index contributed by atoms with van der Waals surface area (Å²) in [5.41, 5.74) is 7.47. The Kier molecular flexibility index (Phi) is 3.01. The van der Waals surface area contributed by atoms with Crippen LogP contribution < -0.4 is 5.73 Å². The maximum atomic E-state index is 13.0. The average Bonchev–Trinajstić information content (AvgIpc) is 2.67. The van der Waals surface area contributed by atoms with E-state index in [9.17, 15) is 4.39 Å². The summed E-state index contributed by atoms with van der Waals surface area (Å²) in [6.45, 7) is 2.96. The number of nitrogens with zero attached hydrogens (tertiary/aromatic N) is 2. The fraction of sp³-hybridized carbons (Fsp3) is 0.250. The van der Waals surface area contributed by atoms with Crippen molar-refractivity contribution in [1.82, 2.24) is 9.55 Å². The second-order valence-electron chi connectivity index (χ2n) is 3.72. The number of imidazole rings is 1. The minimum Gasteiger partial charge on any atom is -0.331 e. The Morgan fingerprint density at radius 2 is 2.19 bits per heavy atom. The van der Waals surface area contributed by atoms with Crippen LogP contribution in [0, 0.1) is 12.7 Å². The van der Waals surface area contributed by atoms with Crippen molar-refractivity contribution in [3.63, 3.8) is 0 Å². The molecule has 0 aliphatic carbocycles. The van der Waals surface area contributed by atoms with E-state index in [0.29, 0.717) is 13.1 Å². The largest absolute Gasteiger partial charge is 0.331 e. The van der Waals surface area contributed by atoms with Crippen LogP contribution in [0.3, 0.4) is 0 Å². The molecule has 0 amide bonds. The molecule has 0 aliphatic heterocycles. The third kappa shape index (κ3) is 2.12. The highest BCUT2D eigenvalue weighted by Gasteiger charge is 2.05. The number of halogens is 1. The van der Waals surface area contributed by atoms with E-state index in [0.717, 1.165) is 17.0 Å². The van der Waals surface area contributed by atoms with Gasteiger partial charge in [0.05, 0.1) is 0 Å². The van der Waals surface area contributed by atoms with Crippen molar-refractivity contribution in [3.05, 3.63) is 53.4 Å². The standard InChI is InChI=1S/C12H14FN3/c1-9-15-4-5-16(9)8-10-2-3-12(13)6-11(10)7-14/h2-6H,7-8,14H2,1H3. The lowest BCUT2D eigenvalue weighted by molar-refractivity contribution is 0.622. The topological polar surface area (TPSA) is 43.8 Å². The first kappa shape index (κ1) is 10.8. The van der Waals surface area contributed by atoms with E-state index in [2.05, 4.69) is 4.98 Å². The summed E-state index contributed by atoms with van der Waals surface area (Å²) < 4.78 is 15.0. The van der Waals surface area contributed by atoms with Gasteiger partial charge in [0.2, 0.25) is 0 Å². The van der Waals surface area contributed by atoms with Gasteiger partial charge in [0.1, 0.15) is 11.6 Å². The molecule has 4 heteroatoms. The van der Waals surface area contributed by atoms with E-state index in [1.807, 2.05) is 17.7 Å². The molecule has 3 nitrogen and oxygen atoms in total. The number of benzene rings is 1. The summed E-state index contributed by atoms with van der Waals surface area (Å²) in [5.74, 6) is 0.693. The fourth-order valence-corrected chi connectivity index (χ4v) is 1.69. The summed E-state index contributed by atoms with van der Waals surface area (Å²) >= 11 is 0. The van der Waals surface area contributed by atoms with E-state index < -0.39 is 0 Å². The first-order valence-corrected chi connectivity index (χ1v) is 5.16. The molecule has 0 unspecified atom stereocenters. The van der Waals surface area contributed by atoms with E-state index >= 15 is 0 Å². The van der Waals surface area contributed by atoms with Crippen molar-refractivity contribution in [2.45, 2.75) is 20.0 Å². The maximum Gasteiger partial charge on any atom is 0.123 e. The zero-order valence-electron chi connectivity index (χ0n) is 9.15. The minimum atomic E-state index is -0.244. The quantitative estimate of drug-likeness (QED) is 0.856. The first-order valence-electron chi connectivity index (χ1n) is 5.16. The van der Waals surface area contributed by atoms with Gasteiger partial charge in [-0.2, -0.15) is 0 Å². The molecule has 0 spiro atoms. The van der Waals surface area contributed by atoms with Gasteiger partial charge in [-0.25, -0.2) is 9.37 Å². The van der Waals surface area contributed by atoms with Crippen LogP contribution in [0.4, 0.5) is 4.39 Å². The summed E-state index contributed by atoms with van der Waals surface area (Å²) in [4.78, 5) is 4.14. The monoisotopic (exact) mass is 219 g/mol. The predicted molar refractivity (Wildman–Crippen MR) is 60.4 cm³/mol. The second kappa shape index (κ2) is 4.45. The summed E-state index contributed by atoms with van der Waals surface area (Å²) in [5, 5.41) is 0. The van der Waals surface area contributed by atoms with Crippen LogP contribution in [0.5, 0.6) is 0 Å². The molecular weight excluding hydrogens is 205 g/mol. The van der Waals surface area contributed by atoms with Crippen molar-refractivity contribution in [3.8, 4) is 0 Å². The molecule has 1 aromatic heterocycles. The molecule has 84 valence electrons. The molecule has 0 saturated carbocycles. The second-order valence-corrected chi connectivity index (χ2v) is 3.72. The summed E-state index contributed by atoms with van der Waals surface area (Å²) in [6.07, 6.45) is 3.65. The molecule has 0 atom stereocenters. The molecule has 2 aromatic rings. The number of hydrogen-bond acceptors (Lipinski definition) is 2. The fourth-order valence-electron chi connectivity index (χ4n) is 1.69. The third-order valence-corrected chi connectivity index (χ3v) is 2.65. The van der Waals surface area contributed by atoms with Gasteiger partial charge in [-0.1, -0.05) is 6.07 Å². The Labute approximate surface area is 93.7 Å². The van der Waals surface area contributed by atoms with E-state index in [4.69, 9.17) is 5.73 Å². The zero-order valence-corrected chi connectivity index (χ0v) is 9.15. The lowest BCUT2D eigenvalue weighted by Crippen LogP contribution is -2.07. The Morgan fingerprint density at radius 1 is 1.38 bits per heavy atom. The van der Waals surface area contributed by atoms with Crippen LogP contribution in [-0.4, -0.2) is 9.55 Å². The molecule has 0 bridgehead atoms. The minimum absolute atomic E-state index is 0.244. The van der Waals surface area contributed by atoms with Gasteiger partial charge >= 0.3 is 0 Å². The van der Waals surface area contributed by atoms with Crippen molar-refractivity contribution >= 4 is 0 Å². The van der Waals surface area contributed by atoms with Gasteiger partial charge in [0, 0.05) is 25.5 Å².